The molecule has 0 bridgehead atoms. The lowest BCUT2D eigenvalue weighted by molar-refractivity contribution is -0.124. The van der Waals surface area contributed by atoms with Gasteiger partial charge in [-0.15, -0.1) is 11.8 Å². The van der Waals surface area contributed by atoms with E-state index in [1.54, 1.807) is 16.7 Å². The molecule has 0 aliphatic carbocycles. The van der Waals surface area contributed by atoms with Gasteiger partial charge in [-0.1, -0.05) is 18.2 Å². The zero-order chi connectivity index (χ0) is 18.4. The highest BCUT2D eigenvalue weighted by Gasteiger charge is 2.35. The van der Waals surface area contributed by atoms with E-state index in [1.807, 2.05) is 31.2 Å². The van der Waals surface area contributed by atoms with E-state index in [2.05, 4.69) is 10.2 Å². The van der Waals surface area contributed by atoms with Crippen LogP contribution in [0.5, 0.6) is 0 Å². The van der Waals surface area contributed by atoms with Crippen molar-refractivity contribution >= 4 is 23.6 Å². The topological polar surface area (TPSA) is 61.9 Å². The smallest absolute Gasteiger partial charge is 0.255 e. The number of nitrogens with one attached hydrogen (secondary N) is 1. The van der Waals surface area contributed by atoms with Gasteiger partial charge >= 0.3 is 0 Å². The summed E-state index contributed by atoms with van der Waals surface area (Å²) >= 11 is 1.63. The molecule has 26 heavy (non-hydrogen) atoms. The average molecular weight is 378 g/mol. The van der Waals surface area contributed by atoms with Crippen molar-refractivity contribution in [3.63, 3.8) is 0 Å². The third kappa shape index (κ3) is 4.78. The van der Waals surface area contributed by atoms with Crippen LogP contribution < -0.4 is 5.32 Å². The highest BCUT2D eigenvalue weighted by atomic mass is 32.2. The highest BCUT2D eigenvalue weighted by molar-refractivity contribution is 7.99. The maximum Gasteiger partial charge on any atom is 0.255 e. The molecule has 7 heteroatoms. The van der Waals surface area contributed by atoms with E-state index in [4.69, 9.17) is 4.74 Å². The second-order valence-electron chi connectivity index (χ2n) is 6.70. The fourth-order valence-electron chi connectivity index (χ4n) is 3.28. The number of carbonyl (C=O) groups is 2. The molecule has 2 aliphatic rings. The van der Waals surface area contributed by atoms with Gasteiger partial charge in [-0.25, -0.2) is 0 Å². The molecule has 1 unspecified atom stereocenters. The number of rotatable bonds is 6. The van der Waals surface area contributed by atoms with Gasteiger partial charge in [0, 0.05) is 31.0 Å². The van der Waals surface area contributed by atoms with Crippen molar-refractivity contribution in [1.82, 2.24) is 15.1 Å². The summed E-state index contributed by atoms with van der Waals surface area (Å²) in [6.45, 7) is 7.05. The largest absolute Gasteiger partial charge is 0.379 e. The van der Waals surface area contributed by atoms with E-state index in [1.165, 1.54) is 0 Å². The Bertz CT molecular complexity index is 634. The van der Waals surface area contributed by atoms with Gasteiger partial charge in [0.05, 0.1) is 19.1 Å². The molecule has 2 aliphatic heterocycles. The van der Waals surface area contributed by atoms with Crippen LogP contribution in [0.1, 0.15) is 22.3 Å². The molecule has 1 atom stereocenters. The number of benzene rings is 1. The predicted molar refractivity (Wildman–Crippen MR) is 103 cm³/mol. The molecule has 2 fully saturated rings. The van der Waals surface area contributed by atoms with Gasteiger partial charge < -0.3 is 15.0 Å². The van der Waals surface area contributed by atoms with Gasteiger partial charge in [-0.05, 0) is 31.5 Å². The minimum atomic E-state index is -0.379. The summed E-state index contributed by atoms with van der Waals surface area (Å²) in [6.07, 6.45) is 0.914. The Balaban J connectivity index is 1.48. The molecule has 1 aromatic rings. The van der Waals surface area contributed by atoms with Gasteiger partial charge in [-0.2, -0.15) is 0 Å². The first-order valence-corrected chi connectivity index (χ1v) is 10.3. The van der Waals surface area contributed by atoms with E-state index in [9.17, 15) is 9.59 Å². The number of thioether (sulfide) groups is 1. The Morgan fingerprint density at radius 3 is 2.81 bits per heavy atom. The SMILES string of the molecule is Cc1ccccc1C(=O)N1CSCC1C(=O)NCCCN1CCOCC1. The highest BCUT2D eigenvalue weighted by Crippen LogP contribution is 2.24. The third-order valence-corrected chi connectivity index (χ3v) is 5.89. The summed E-state index contributed by atoms with van der Waals surface area (Å²) in [5.74, 6) is 1.13. The number of morpholine rings is 1. The summed E-state index contributed by atoms with van der Waals surface area (Å²) < 4.78 is 5.34. The van der Waals surface area contributed by atoms with Crippen molar-refractivity contribution in [2.75, 3.05) is 51.0 Å². The van der Waals surface area contributed by atoms with Gasteiger partial charge in [-0.3, -0.25) is 14.5 Å². The van der Waals surface area contributed by atoms with Gasteiger partial charge in [0.25, 0.3) is 5.91 Å². The number of hydrogen-bond acceptors (Lipinski definition) is 5. The van der Waals surface area contributed by atoms with Crippen molar-refractivity contribution in [2.24, 2.45) is 0 Å². The third-order valence-electron chi connectivity index (χ3n) is 4.88. The predicted octanol–water partition coefficient (Wildman–Crippen LogP) is 1.35. The number of aryl methyl sites for hydroxylation is 1. The van der Waals surface area contributed by atoms with Gasteiger partial charge in [0.15, 0.2) is 0 Å². The molecular weight excluding hydrogens is 350 g/mol. The molecule has 2 saturated heterocycles. The van der Waals surface area contributed by atoms with Crippen molar-refractivity contribution in [3.8, 4) is 0 Å². The fourth-order valence-corrected chi connectivity index (χ4v) is 4.44. The lowest BCUT2D eigenvalue weighted by Gasteiger charge is -2.27. The molecule has 1 aromatic carbocycles. The standard InChI is InChI=1S/C19H27N3O3S/c1-15-5-2-3-6-16(15)19(24)22-14-26-13-17(22)18(23)20-7-4-8-21-9-11-25-12-10-21/h2-3,5-6,17H,4,7-14H2,1H3,(H,20,23). The molecule has 6 nitrogen and oxygen atoms in total. The molecule has 3 rings (SSSR count). The van der Waals surface area contributed by atoms with Crippen molar-refractivity contribution in [2.45, 2.75) is 19.4 Å². The first kappa shape index (κ1) is 19.2. The zero-order valence-corrected chi connectivity index (χ0v) is 16.1. The maximum atomic E-state index is 12.8. The second kappa shape index (κ2) is 9.39. The Hall–Kier alpha value is -1.57. The van der Waals surface area contributed by atoms with Crippen LogP contribution in [-0.2, 0) is 9.53 Å². The summed E-state index contributed by atoms with van der Waals surface area (Å²) in [4.78, 5) is 29.5. The van der Waals surface area contributed by atoms with Crippen LogP contribution in [0.4, 0.5) is 0 Å². The molecule has 0 aromatic heterocycles. The first-order valence-electron chi connectivity index (χ1n) is 9.19. The molecule has 2 heterocycles. The minimum absolute atomic E-state index is 0.0427. The van der Waals surface area contributed by atoms with Crippen LogP contribution in [0.25, 0.3) is 0 Å². The van der Waals surface area contributed by atoms with E-state index in [0.717, 1.165) is 44.8 Å². The van der Waals surface area contributed by atoms with Crippen LogP contribution in [0.15, 0.2) is 24.3 Å². The van der Waals surface area contributed by atoms with E-state index < -0.39 is 0 Å². The van der Waals surface area contributed by atoms with E-state index in [-0.39, 0.29) is 17.9 Å². The number of amides is 2. The Morgan fingerprint density at radius 2 is 2.04 bits per heavy atom. The van der Waals surface area contributed by atoms with Crippen LogP contribution in [-0.4, -0.2) is 78.7 Å². The summed E-state index contributed by atoms with van der Waals surface area (Å²) in [5.41, 5.74) is 1.62. The van der Waals surface area contributed by atoms with E-state index >= 15 is 0 Å². The fraction of sp³-hybridized carbons (Fsp3) is 0.579. The second-order valence-corrected chi connectivity index (χ2v) is 7.70. The summed E-state index contributed by atoms with van der Waals surface area (Å²) in [7, 11) is 0. The molecule has 142 valence electrons. The molecule has 2 amide bonds. The lowest BCUT2D eigenvalue weighted by atomic mass is 10.1. The molecule has 0 spiro atoms. The number of nitrogens with zero attached hydrogens (tertiary/aromatic N) is 2. The molecule has 1 N–H and O–H groups in total. The van der Waals surface area contributed by atoms with Crippen molar-refractivity contribution in [1.29, 1.82) is 0 Å². The quantitative estimate of drug-likeness (QED) is 0.759. The number of ether oxygens (including phenoxy) is 1. The normalized spacial score (nSPS) is 21.0. The van der Waals surface area contributed by atoms with Gasteiger partial charge in [0.2, 0.25) is 5.91 Å². The van der Waals surface area contributed by atoms with Gasteiger partial charge in [0.1, 0.15) is 6.04 Å². The Kier molecular flexibility index (Phi) is 6.93. The number of hydrogen-bond donors (Lipinski definition) is 1. The molecular formula is C19H27N3O3S. The zero-order valence-electron chi connectivity index (χ0n) is 15.3. The average Bonchev–Trinajstić information content (AvgIpc) is 3.16. The van der Waals surface area contributed by atoms with Crippen molar-refractivity contribution < 1.29 is 14.3 Å². The first-order chi connectivity index (χ1) is 12.7. The minimum Gasteiger partial charge on any atom is -0.379 e. The monoisotopic (exact) mass is 377 g/mol. The van der Waals surface area contributed by atoms with E-state index in [0.29, 0.717) is 23.7 Å². The Labute approximate surface area is 159 Å². The summed E-state index contributed by atoms with van der Waals surface area (Å²) in [5, 5.41) is 3.01. The van der Waals surface area contributed by atoms with Crippen molar-refractivity contribution in [3.05, 3.63) is 35.4 Å². The van der Waals surface area contributed by atoms with Crippen LogP contribution in [0.2, 0.25) is 0 Å². The molecule has 0 saturated carbocycles. The van der Waals surface area contributed by atoms with Crippen LogP contribution >= 0.6 is 11.8 Å². The number of carbonyl (C=O) groups excluding carboxylic acids is 2. The molecule has 0 radical (unpaired) electrons. The maximum absolute atomic E-state index is 12.8. The van der Waals surface area contributed by atoms with Crippen LogP contribution in [0.3, 0.4) is 0 Å². The summed E-state index contributed by atoms with van der Waals surface area (Å²) in [6, 6.07) is 7.17. The Morgan fingerprint density at radius 1 is 1.27 bits per heavy atom. The van der Waals surface area contributed by atoms with Crippen LogP contribution in [0, 0.1) is 6.92 Å². The lowest BCUT2D eigenvalue weighted by Crippen LogP contribution is -2.48.